The topological polar surface area (TPSA) is 26.3 Å². The molecule has 0 aromatic rings. The van der Waals surface area contributed by atoms with E-state index in [0.29, 0.717) is 5.92 Å². The first-order valence-corrected chi connectivity index (χ1v) is 4.59. The van der Waals surface area contributed by atoms with Gasteiger partial charge in [0.25, 0.3) is 0 Å². The molecule has 0 saturated carbocycles. The highest BCUT2D eigenvalue weighted by Gasteiger charge is 2.43. The Hall–Kier alpha value is -1.05. The van der Waals surface area contributed by atoms with Crippen LogP contribution in [0.5, 0.6) is 0 Å². The molecule has 2 atom stereocenters. The van der Waals surface area contributed by atoms with Crippen LogP contribution in [0.1, 0.15) is 27.7 Å². The highest BCUT2D eigenvalue weighted by molar-refractivity contribution is 5.90. The van der Waals surface area contributed by atoms with Gasteiger partial charge in [0.15, 0.2) is 0 Å². The van der Waals surface area contributed by atoms with E-state index in [1.54, 1.807) is 0 Å². The Balaban J connectivity index is 2.44. The standard InChI is InChI=1S/C11H14O2/c1-5-7(3)10-9(5)6(2)8(4)11(12)13-10/h9-10H,1-4H3. The third kappa shape index (κ3) is 0.916. The molecule has 0 bridgehead atoms. The van der Waals surface area contributed by atoms with Gasteiger partial charge >= 0.3 is 5.97 Å². The van der Waals surface area contributed by atoms with E-state index in [0.717, 1.165) is 5.57 Å². The van der Waals surface area contributed by atoms with Gasteiger partial charge < -0.3 is 4.74 Å². The van der Waals surface area contributed by atoms with E-state index in [4.69, 9.17) is 4.74 Å². The van der Waals surface area contributed by atoms with Crippen LogP contribution in [-0.4, -0.2) is 12.1 Å². The lowest BCUT2D eigenvalue weighted by atomic mass is 9.70. The summed E-state index contributed by atoms with van der Waals surface area (Å²) in [6.07, 6.45) is 0.0381. The molecule has 0 N–H and O–H groups in total. The van der Waals surface area contributed by atoms with Crippen molar-refractivity contribution in [2.75, 3.05) is 0 Å². The van der Waals surface area contributed by atoms with E-state index in [9.17, 15) is 4.79 Å². The van der Waals surface area contributed by atoms with Crippen molar-refractivity contribution in [3.05, 3.63) is 22.3 Å². The SMILES string of the molecule is CC1=C(C)C2C(C)=C(C)C2OC1=O. The van der Waals surface area contributed by atoms with Gasteiger partial charge in [-0.2, -0.15) is 0 Å². The predicted molar refractivity (Wildman–Crippen MR) is 50.1 cm³/mol. The van der Waals surface area contributed by atoms with E-state index in [1.165, 1.54) is 16.7 Å². The first-order valence-electron chi connectivity index (χ1n) is 4.59. The Morgan fingerprint density at radius 2 is 1.62 bits per heavy atom. The lowest BCUT2D eigenvalue weighted by Gasteiger charge is -2.43. The molecule has 0 aromatic carbocycles. The first kappa shape index (κ1) is 8.54. The molecule has 2 rings (SSSR count). The van der Waals surface area contributed by atoms with Crippen LogP contribution in [0.4, 0.5) is 0 Å². The quantitative estimate of drug-likeness (QED) is 0.420. The second-order valence-corrected chi connectivity index (χ2v) is 3.98. The third-order valence-corrected chi connectivity index (χ3v) is 3.42. The molecule has 70 valence electrons. The molecule has 2 unspecified atom stereocenters. The van der Waals surface area contributed by atoms with Gasteiger partial charge in [-0.25, -0.2) is 4.79 Å². The molecular weight excluding hydrogens is 164 g/mol. The van der Waals surface area contributed by atoms with Gasteiger partial charge in [0.05, 0.1) is 0 Å². The van der Waals surface area contributed by atoms with Crippen LogP contribution >= 0.6 is 0 Å². The third-order valence-electron chi connectivity index (χ3n) is 3.42. The number of hydrogen-bond donors (Lipinski definition) is 0. The molecule has 2 aliphatic rings. The number of rotatable bonds is 0. The molecule has 0 fully saturated rings. The zero-order valence-electron chi connectivity index (χ0n) is 8.47. The summed E-state index contributed by atoms with van der Waals surface area (Å²) in [7, 11) is 0. The summed E-state index contributed by atoms with van der Waals surface area (Å²) in [5, 5.41) is 0. The maximum Gasteiger partial charge on any atom is 0.334 e. The first-order chi connectivity index (χ1) is 6.04. The van der Waals surface area contributed by atoms with Crippen molar-refractivity contribution in [3.8, 4) is 0 Å². The minimum Gasteiger partial charge on any atom is -0.453 e. The second kappa shape index (κ2) is 2.47. The fourth-order valence-electron chi connectivity index (χ4n) is 2.16. The number of esters is 1. The van der Waals surface area contributed by atoms with E-state index >= 15 is 0 Å². The van der Waals surface area contributed by atoms with Crippen LogP contribution in [-0.2, 0) is 9.53 Å². The molecule has 2 nitrogen and oxygen atoms in total. The molecule has 0 radical (unpaired) electrons. The smallest absolute Gasteiger partial charge is 0.334 e. The van der Waals surface area contributed by atoms with Crippen LogP contribution in [0.15, 0.2) is 22.3 Å². The summed E-state index contributed by atoms with van der Waals surface area (Å²) < 4.78 is 5.30. The van der Waals surface area contributed by atoms with E-state index in [1.807, 2.05) is 20.8 Å². The van der Waals surface area contributed by atoms with Gasteiger partial charge in [-0.1, -0.05) is 11.1 Å². The maximum absolute atomic E-state index is 11.3. The van der Waals surface area contributed by atoms with Gasteiger partial charge in [-0.05, 0) is 33.3 Å². The van der Waals surface area contributed by atoms with Crippen molar-refractivity contribution in [1.29, 1.82) is 0 Å². The van der Waals surface area contributed by atoms with E-state index < -0.39 is 0 Å². The average Bonchev–Trinajstić information content (AvgIpc) is 2.13. The molecule has 1 aliphatic carbocycles. The molecule has 0 amide bonds. The van der Waals surface area contributed by atoms with Crippen molar-refractivity contribution in [2.45, 2.75) is 33.8 Å². The summed E-state index contributed by atoms with van der Waals surface area (Å²) in [5.41, 5.74) is 4.57. The predicted octanol–water partition coefficient (Wildman–Crippen LogP) is 2.21. The lowest BCUT2D eigenvalue weighted by molar-refractivity contribution is -0.147. The van der Waals surface area contributed by atoms with Crippen molar-refractivity contribution in [2.24, 2.45) is 5.92 Å². The molecule has 0 spiro atoms. The number of carbonyl (C=O) groups is 1. The number of hydrogen-bond acceptors (Lipinski definition) is 2. The highest BCUT2D eigenvalue weighted by atomic mass is 16.5. The van der Waals surface area contributed by atoms with Crippen LogP contribution in [0, 0.1) is 5.92 Å². The highest BCUT2D eigenvalue weighted by Crippen LogP contribution is 2.45. The van der Waals surface area contributed by atoms with Gasteiger partial charge in [-0.15, -0.1) is 0 Å². The van der Waals surface area contributed by atoms with Crippen molar-refractivity contribution in [3.63, 3.8) is 0 Å². The molecule has 0 saturated heterocycles. The Morgan fingerprint density at radius 1 is 1.00 bits per heavy atom. The van der Waals surface area contributed by atoms with Crippen molar-refractivity contribution in [1.82, 2.24) is 0 Å². The van der Waals surface area contributed by atoms with Gasteiger partial charge in [-0.3, -0.25) is 0 Å². The van der Waals surface area contributed by atoms with Gasteiger partial charge in [0.1, 0.15) is 6.10 Å². The Morgan fingerprint density at radius 3 is 2.23 bits per heavy atom. The zero-order chi connectivity index (χ0) is 9.75. The summed E-state index contributed by atoms with van der Waals surface area (Å²) in [4.78, 5) is 11.3. The molecule has 13 heavy (non-hydrogen) atoms. The molecule has 1 heterocycles. The number of fused-ring (bicyclic) bond motifs is 1. The van der Waals surface area contributed by atoms with E-state index in [2.05, 4.69) is 6.92 Å². The Bertz CT molecular complexity index is 347. The van der Waals surface area contributed by atoms with Crippen LogP contribution < -0.4 is 0 Å². The molecular formula is C11H14O2. The van der Waals surface area contributed by atoms with Crippen LogP contribution in [0.3, 0.4) is 0 Å². The molecule has 2 heteroatoms. The Labute approximate surface area is 78.3 Å². The lowest BCUT2D eigenvalue weighted by Crippen LogP contribution is -2.42. The Kier molecular flexibility index (Phi) is 1.62. The maximum atomic E-state index is 11.3. The number of carbonyl (C=O) groups excluding carboxylic acids is 1. The minimum absolute atomic E-state index is 0.0381. The number of ether oxygens (including phenoxy) is 1. The summed E-state index contributed by atoms with van der Waals surface area (Å²) in [5.74, 6) is 0.225. The van der Waals surface area contributed by atoms with Crippen LogP contribution in [0.2, 0.25) is 0 Å². The second-order valence-electron chi connectivity index (χ2n) is 3.98. The van der Waals surface area contributed by atoms with Crippen molar-refractivity contribution >= 4 is 5.97 Å². The van der Waals surface area contributed by atoms with Gasteiger partial charge in [0.2, 0.25) is 0 Å². The average molecular weight is 178 g/mol. The molecule has 1 aliphatic heterocycles. The summed E-state index contributed by atoms with van der Waals surface area (Å²) in [6, 6.07) is 0. The van der Waals surface area contributed by atoms with Gasteiger partial charge in [0, 0.05) is 11.5 Å². The normalized spacial score (nSPS) is 32.8. The monoisotopic (exact) mass is 178 g/mol. The summed E-state index contributed by atoms with van der Waals surface area (Å²) in [6.45, 7) is 8.03. The largest absolute Gasteiger partial charge is 0.453 e. The fraction of sp³-hybridized carbons (Fsp3) is 0.545. The van der Waals surface area contributed by atoms with Crippen molar-refractivity contribution < 1.29 is 9.53 Å². The van der Waals surface area contributed by atoms with E-state index in [-0.39, 0.29) is 12.1 Å². The zero-order valence-corrected chi connectivity index (χ0v) is 8.47. The fourth-order valence-corrected chi connectivity index (χ4v) is 2.16. The minimum atomic E-state index is -0.148. The van der Waals surface area contributed by atoms with Crippen LogP contribution in [0.25, 0.3) is 0 Å². The molecule has 0 aromatic heterocycles. The summed E-state index contributed by atoms with van der Waals surface area (Å²) >= 11 is 0.